The van der Waals surface area contributed by atoms with E-state index in [1.807, 2.05) is 24.3 Å². The second kappa shape index (κ2) is 4.61. The standard InChI is InChI=1S/C16H10ClN3O2/c17-10-6-3-5-9-13(10)19-15(14(9)20-22)12-8-4-1-2-7-11(8)18-16(12)21/h1-7,18-19,21H. The van der Waals surface area contributed by atoms with Crippen molar-refractivity contribution in [2.24, 2.45) is 5.18 Å². The molecule has 4 aromatic rings. The van der Waals surface area contributed by atoms with Gasteiger partial charge in [0.05, 0.1) is 21.8 Å². The summed E-state index contributed by atoms with van der Waals surface area (Å²) in [5, 5.41) is 15.3. The van der Waals surface area contributed by atoms with Crippen LogP contribution >= 0.6 is 11.6 Å². The molecule has 0 aliphatic heterocycles. The van der Waals surface area contributed by atoms with Crippen LogP contribution in [-0.4, -0.2) is 15.1 Å². The number of para-hydroxylation sites is 2. The summed E-state index contributed by atoms with van der Waals surface area (Å²) in [5.74, 6) is -0.0196. The Kier molecular flexibility index (Phi) is 2.71. The number of rotatable bonds is 2. The molecule has 0 saturated carbocycles. The Bertz CT molecular complexity index is 1030. The van der Waals surface area contributed by atoms with Gasteiger partial charge in [-0.1, -0.05) is 41.9 Å². The average Bonchev–Trinajstić information content (AvgIpc) is 3.04. The van der Waals surface area contributed by atoms with Crippen molar-refractivity contribution in [3.05, 3.63) is 52.4 Å². The van der Waals surface area contributed by atoms with Crippen LogP contribution in [0.1, 0.15) is 0 Å². The van der Waals surface area contributed by atoms with Crippen molar-refractivity contribution < 1.29 is 5.11 Å². The Hall–Kier alpha value is -2.79. The molecule has 0 atom stereocenters. The molecule has 0 saturated heterocycles. The molecule has 108 valence electrons. The van der Waals surface area contributed by atoms with E-state index in [0.717, 1.165) is 10.9 Å². The van der Waals surface area contributed by atoms with Gasteiger partial charge in [0.1, 0.15) is 5.69 Å². The number of hydrogen-bond acceptors (Lipinski definition) is 3. The van der Waals surface area contributed by atoms with Crippen molar-refractivity contribution in [3.8, 4) is 17.1 Å². The maximum atomic E-state index is 11.4. The van der Waals surface area contributed by atoms with Crippen molar-refractivity contribution in [2.75, 3.05) is 0 Å². The van der Waals surface area contributed by atoms with Crippen molar-refractivity contribution in [2.45, 2.75) is 0 Å². The van der Waals surface area contributed by atoms with E-state index in [0.29, 0.717) is 27.2 Å². The largest absolute Gasteiger partial charge is 0.494 e. The lowest BCUT2D eigenvalue weighted by atomic mass is 10.1. The molecule has 2 aromatic heterocycles. The number of aromatic hydroxyl groups is 1. The van der Waals surface area contributed by atoms with Crippen molar-refractivity contribution in [3.63, 3.8) is 0 Å². The minimum atomic E-state index is -0.0196. The molecular formula is C16H10ClN3O2. The van der Waals surface area contributed by atoms with Gasteiger partial charge in [0.25, 0.3) is 0 Å². The highest BCUT2D eigenvalue weighted by Gasteiger charge is 2.21. The number of hydrogen-bond donors (Lipinski definition) is 3. The highest BCUT2D eigenvalue weighted by Crippen LogP contribution is 2.45. The first-order valence-corrected chi connectivity index (χ1v) is 7.02. The quantitative estimate of drug-likeness (QED) is 0.451. The van der Waals surface area contributed by atoms with Gasteiger partial charge < -0.3 is 15.1 Å². The third kappa shape index (κ3) is 1.66. The number of benzene rings is 2. The van der Waals surface area contributed by atoms with E-state index in [-0.39, 0.29) is 11.6 Å². The number of aromatic amines is 2. The number of fused-ring (bicyclic) bond motifs is 2. The van der Waals surface area contributed by atoms with Gasteiger partial charge in [0, 0.05) is 16.3 Å². The molecule has 0 amide bonds. The Morgan fingerprint density at radius 3 is 2.59 bits per heavy atom. The van der Waals surface area contributed by atoms with E-state index < -0.39 is 0 Å². The Morgan fingerprint density at radius 1 is 1.00 bits per heavy atom. The summed E-state index contributed by atoms with van der Waals surface area (Å²) in [6.07, 6.45) is 0. The highest BCUT2D eigenvalue weighted by molar-refractivity contribution is 6.35. The molecule has 0 radical (unpaired) electrons. The Morgan fingerprint density at radius 2 is 1.77 bits per heavy atom. The summed E-state index contributed by atoms with van der Waals surface area (Å²) in [7, 11) is 0. The van der Waals surface area contributed by atoms with Gasteiger partial charge in [-0.25, -0.2) is 0 Å². The van der Waals surface area contributed by atoms with Crippen LogP contribution < -0.4 is 0 Å². The fourth-order valence-corrected chi connectivity index (χ4v) is 3.05. The number of nitrogens with one attached hydrogen (secondary N) is 2. The normalized spacial score (nSPS) is 11.3. The van der Waals surface area contributed by atoms with Gasteiger partial charge in [-0.3, -0.25) is 0 Å². The molecule has 0 unspecified atom stereocenters. The van der Waals surface area contributed by atoms with Gasteiger partial charge in [-0.2, -0.15) is 0 Å². The lowest BCUT2D eigenvalue weighted by Crippen LogP contribution is -1.77. The first-order chi connectivity index (χ1) is 10.7. The van der Waals surface area contributed by atoms with E-state index >= 15 is 0 Å². The van der Waals surface area contributed by atoms with E-state index in [1.54, 1.807) is 18.2 Å². The van der Waals surface area contributed by atoms with E-state index in [9.17, 15) is 10.0 Å². The predicted molar refractivity (Wildman–Crippen MR) is 87.7 cm³/mol. The van der Waals surface area contributed by atoms with Gasteiger partial charge >= 0.3 is 0 Å². The van der Waals surface area contributed by atoms with Crippen molar-refractivity contribution in [1.29, 1.82) is 0 Å². The fourth-order valence-electron chi connectivity index (χ4n) is 2.82. The number of aromatic nitrogens is 2. The topological polar surface area (TPSA) is 81.2 Å². The molecule has 5 nitrogen and oxygen atoms in total. The second-order valence-electron chi connectivity index (χ2n) is 5.00. The van der Waals surface area contributed by atoms with Crippen LogP contribution in [0.4, 0.5) is 5.69 Å². The summed E-state index contributed by atoms with van der Waals surface area (Å²) in [6.45, 7) is 0. The number of nitroso groups, excluding NO2 is 1. The summed E-state index contributed by atoms with van der Waals surface area (Å²) in [6, 6.07) is 12.7. The van der Waals surface area contributed by atoms with Gasteiger partial charge in [-0.05, 0) is 17.3 Å². The van der Waals surface area contributed by atoms with Crippen molar-refractivity contribution in [1.82, 2.24) is 9.97 Å². The summed E-state index contributed by atoms with van der Waals surface area (Å²) in [5.41, 5.74) is 2.60. The zero-order valence-corrected chi connectivity index (χ0v) is 12.0. The molecule has 3 N–H and O–H groups in total. The molecule has 22 heavy (non-hydrogen) atoms. The highest BCUT2D eigenvalue weighted by atomic mass is 35.5. The first kappa shape index (κ1) is 12.9. The minimum absolute atomic E-state index is 0.0196. The number of halogens is 1. The summed E-state index contributed by atoms with van der Waals surface area (Å²) >= 11 is 6.17. The van der Waals surface area contributed by atoms with Gasteiger partial charge in [0.15, 0.2) is 5.88 Å². The monoisotopic (exact) mass is 311 g/mol. The van der Waals surface area contributed by atoms with E-state index in [1.165, 1.54) is 0 Å². The van der Waals surface area contributed by atoms with Gasteiger partial charge in [0.2, 0.25) is 0 Å². The van der Waals surface area contributed by atoms with E-state index in [4.69, 9.17) is 11.6 Å². The maximum absolute atomic E-state index is 11.4. The fraction of sp³-hybridized carbons (Fsp3) is 0. The molecule has 4 rings (SSSR count). The van der Waals surface area contributed by atoms with Crippen LogP contribution in [0, 0.1) is 4.91 Å². The minimum Gasteiger partial charge on any atom is -0.494 e. The zero-order chi connectivity index (χ0) is 15.3. The number of nitrogens with zero attached hydrogens (tertiary/aromatic N) is 1. The SMILES string of the molecule is O=Nc1c(-c2c(O)[nH]c3ccccc23)[nH]c2c(Cl)cccc12. The average molecular weight is 312 g/mol. The smallest absolute Gasteiger partial charge is 0.199 e. The molecule has 0 aliphatic rings. The Balaban J connectivity index is 2.15. The van der Waals surface area contributed by atoms with Gasteiger partial charge in [-0.15, -0.1) is 4.91 Å². The molecule has 0 bridgehead atoms. The summed E-state index contributed by atoms with van der Waals surface area (Å²) in [4.78, 5) is 17.4. The molecule has 0 aliphatic carbocycles. The molecule has 0 fully saturated rings. The summed E-state index contributed by atoms with van der Waals surface area (Å²) < 4.78 is 0. The van der Waals surface area contributed by atoms with Crippen LogP contribution in [0.15, 0.2) is 47.6 Å². The van der Waals surface area contributed by atoms with Crippen LogP contribution in [-0.2, 0) is 0 Å². The maximum Gasteiger partial charge on any atom is 0.199 e. The zero-order valence-electron chi connectivity index (χ0n) is 11.2. The molecule has 2 aromatic carbocycles. The third-order valence-corrected chi connectivity index (χ3v) is 4.10. The van der Waals surface area contributed by atoms with Crippen molar-refractivity contribution >= 4 is 39.1 Å². The Labute approximate surface area is 129 Å². The predicted octanol–water partition coefficient (Wildman–Crippen LogP) is 5.07. The lowest BCUT2D eigenvalue weighted by Gasteiger charge is -1.98. The first-order valence-electron chi connectivity index (χ1n) is 6.64. The van der Waals surface area contributed by atoms with E-state index in [2.05, 4.69) is 15.1 Å². The van der Waals surface area contributed by atoms with Crippen LogP contribution in [0.2, 0.25) is 5.02 Å². The molecular weight excluding hydrogens is 302 g/mol. The third-order valence-electron chi connectivity index (χ3n) is 3.78. The molecule has 0 spiro atoms. The molecule has 6 heteroatoms. The molecule has 2 heterocycles. The lowest BCUT2D eigenvalue weighted by molar-refractivity contribution is 0.460. The van der Waals surface area contributed by atoms with Crippen LogP contribution in [0.5, 0.6) is 5.88 Å². The number of H-pyrrole nitrogens is 2. The van der Waals surface area contributed by atoms with Crippen LogP contribution in [0.25, 0.3) is 33.1 Å². The second-order valence-corrected chi connectivity index (χ2v) is 5.40. The van der Waals surface area contributed by atoms with Crippen LogP contribution in [0.3, 0.4) is 0 Å².